The first kappa shape index (κ1) is 25.6. The maximum absolute atomic E-state index is 13.3. The van der Waals surface area contributed by atoms with Crippen molar-refractivity contribution < 1.29 is 33.4 Å². The third-order valence-electron chi connectivity index (χ3n) is 6.72. The second kappa shape index (κ2) is 10.8. The molecule has 5 rings (SSSR count). The van der Waals surface area contributed by atoms with E-state index in [-0.39, 0.29) is 63.8 Å². The van der Waals surface area contributed by atoms with Gasteiger partial charge in [-0.1, -0.05) is 11.6 Å². The number of fused-ring (bicyclic) bond motifs is 1. The largest absolute Gasteiger partial charge is 0.477 e. The molecule has 0 radical (unpaired) electrons. The predicted molar refractivity (Wildman–Crippen MR) is 135 cm³/mol. The lowest BCUT2D eigenvalue weighted by Gasteiger charge is -2.38. The summed E-state index contributed by atoms with van der Waals surface area (Å²) in [4.78, 5) is 59.9. The van der Waals surface area contributed by atoms with E-state index in [1.54, 1.807) is 6.07 Å². The molecule has 0 spiro atoms. The number of nitrogens with zero attached hydrogens (tertiary/aromatic N) is 3. The first-order valence-electron chi connectivity index (χ1n) is 12.1. The number of pyridine rings is 2. The maximum atomic E-state index is 13.3. The number of morpholine rings is 1. The highest BCUT2D eigenvalue weighted by molar-refractivity contribution is 6.29. The fourth-order valence-corrected chi connectivity index (χ4v) is 4.91. The Morgan fingerprint density at radius 3 is 2.55 bits per heavy atom. The number of hydrogen-bond donors (Lipinski definition) is 3. The fraction of sp³-hybridized carbons (Fsp3) is 0.360. The van der Waals surface area contributed by atoms with Gasteiger partial charge in [0, 0.05) is 18.5 Å². The fourth-order valence-electron chi connectivity index (χ4n) is 4.80. The SMILES string of the molecule is O=C(O)c1ccc2oc(C(=O)Nc3ccc(Cl)nc3)c(NC(=O)C3CCC(N4CCOCC4=O)CC3)c2n1. The third-order valence-corrected chi connectivity index (χ3v) is 6.95. The minimum Gasteiger partial charge on any atom is -0.477 e. The number of carboxylic acid groups (broad SMARTS) is 1. The molecule has 3 amide bonds. The molecule has 3 aromatic heterocycles. The van der Waals surface area contributed by atoms with E-state index in [4.69, 9.17) is 20.8 Å². The average molecular weight is 542 g/mol. The molecule has 38 heavy (non-hydrogen) atoms. The summed E-state index contributed by atoms with van der Waals surface area (Å²) < 4.78 is 10.9. The molecule has 1 saturated heterocycles. The molecule has 198 valence electrons. The van der Waals surface area contributed by atoms with Crippen LogP contribution < -0.4 is 10.6 Å². The minimum atomic E-state index is -1.26. The van der Waals surface area contributed by atoms with Gasteiger partial charge in [-0.05, 0) is 49.9 Å². The first-order valence-corrected chi connectivity index (χ1v) is 12.5. The number of furan rings is 1. The Labute approximate surface area is 221 Å². The minimum absolute atomic E-state index is 0.0157. The van der Waals surface area contributed by atoms with Gasteiger partial charge in [0.25, 0.3) is 5.91 Å². The molecule has 0 bridgehead atoms. The average Bonchev–Trinajstić information content (AvgIpc) is 3.28. The van der Waals surface area contributed by atoms with E-state index in [0.717, 1.165) is 0 Å². The van der Waals surface area contributed by atoms with Crippen molar-refractivity contribution in [2.75, 3.05) is 30.4 Å². The van der Waals surface area contributed by atoms with Crippen molar-refractivity contribution in [2.24, 2.45) is 5.92 Å². The number of anilines is 2. The summed E-state index contributed by atoms with van der Waals surface area (Å²) in [5.74, 6) is -2.93. The molecule has 13 heteroatoms. The zero-order valence-electron chi connectivity index (χ0n) is 20.1. The van der Waals surface area contributed by atoms with E-state index in [2.05, 4.69) is 20.6 Å². The maximum Gasteiger partial charge on any atom is 0.354 e. The van der Waals surface area contributed by atoms with E-state index in [9.17, 15) is 24.3 Å². The molecule has 3 aromatic rings. The summed E-state index contributed by atoms with van der Waals surface area (Å²) in [6.45, 7) is 1.12. The van der Waals surface area contributed by atoms with Gasteiger partial charge >= 0.3 is 5.97 Å². The number of rotatable bonds is 6. The van der Waals surface area contributed by atoms with Gasteiger partial charge < -0.3 is 29.8 Å². The monoisotopic (exact) mass is 541 g/mol. The van der Waals surface area contributed by atoms with E-state index >= 15 is 0 Å². The number of aromatic carboxylic acids is 1. The number of nitrogens with one attached hydrogen (secondary N) is 2. The number of carbonyl (C=O) groups excluding carboxylic acids is 3. The molecule has 1 aliphatic carbocycles. The van der Waals surface area contributed by atoms with Crippen molar-refractivity contribution in [1.82, 2.24) is 14.9 Å². The smallest absolute Gasteiger partial charge is 0.354 e. The van der Waals surface area contributed by atoms with Gasteiger partial charge in [0.05, 0.1) is 18.5 Å². The normalized spacial score (nSPS) is 19.8. The Kier molecular flexibility index (Phi) is 7.25. The van der Waals surface area contributed by atoms with Crippen LogP contribution in [0, 0.1) is 5.92 Å². The lowest BCUT2D eigenvalue weighted by atomic mass is 9.84. The summed E-state index contributed by atoms with van der Waals surface area (Å²) in [5, 5.41) is 15.0. The number of amides is 3. The summed E-state index contributed by atoms with van der Waals surface area (Å²) in [7, 11) is 0. The molecule has 2 aliphatic rings. The predicted octanol–water partition coefficient (Wildman–Crippen LogP) is 3.18. The number of halogens is 1. The zero-order chi connectivity index (χ0) is 26.8. The van der Waals surface area contributed by atoms with Crippen LogP contribution in [0.2, 0.25) is 5.15 Å². The van der Waals surface area contributed by atoms with E-state index < -0.39 is 11.9 Å². The molecule has 0 aromatic carbocycles. The van der Waals surface area contributed by atoms with E-state index in [1.807, 2.05) is 4.90 Å². The summed E-state index contributed by atoms with van der Waals surface area (Å²) in [5.41, 5.74) is 0.244. The van der Waals surface area contributed by atoms with Gasteiger partial charge in [-0.2, -0.15) is 0 Å². The van der Waals surface area contributed by atoms with Crippen LogP contribution in [0.25, 0.3) is 11.1 Å². The van der Waals surface area contributed by atoms with Gasteiger partial charge in [0.15, 0.2) is 5.58 Å². The number of aromatic nitrogens is 2. The van der Waals surface area contributed by atoms with Crippen molar-refractivity contribution in [3.63, 3.8) is 0 Å². The van der Waals surface area contributed by atoms with Crippen LogP contribution in [0.5, 0.6) is 0 Å². The quantitative estimate of drug-likeness (QED) is 0.397. The first-order chi connectivity index (χ1) is 18.3. The lowest BCUT2D eigenvalue weighted by molar-refractivity contribution is -0.146. The lowest BCUT2D eigenvalue weighted by Crippen LogP contribution is -2.49. The summed E-state index contributed by atoms with van der Waals surface area (Å²) >= 11 is 5.80. The van der Waals surface area contributed by atoms with Crippen LogP contribution >= 0.6 is 11.6 Å². The molecule has 4 heterocycles. The number of ether oxygens (including phenoxy) is 1. The second-order valence-corrected chi connectivity index (χ2v) is 9.50. The molecule has 1 saturated carbocycles. The molecular weight excluding hydrogens is 518 g/mol. The highest BCUT2D eigenvalue weighted by Gasteiger charge is 2.34. The van der Waals surface area contributed by atoms with Crippen LogP contribution in [0.4, 0.5) is 11.4 Å². The standard InChI is InChI=1S/C25H24ClN5O7/c26-18-8-3-14(11-27-18)28-24(34)22-21(20-17(38-22)7-6-16(29-20)25(35)36)30-23(33)13-1-4-15(5-2-13)31-9-10-37-12-19(31)32/h3,6-8,11,13,15H,1-2,4-5,9-10,12H2,(H,28,34)(H,30,33)(H,35,36). The second-order valence-electron chi connectivity index (χ2n) is 9.11. The van der Waals surface area contributed by atoms with Crippen molar-refractivity contribution in [3.05, 3.63) is 47.1 Å². The Balaban J connectivity index is 1.37. The van der Waals surface area contributed by atoms with Gasteiger partial charge in [-0.25, -0.2) is 14.8 Å². The number of hydrogen-bond acceptors (Lipinski definition) is 8. The molecular formula is C25H24ClN5O7. The van der Waals surface area contributed by atoms with Crippen LogP contribution in [0.3, 0.4) is 0 Å². The van der Waals surface area contributed by atoms with Crippen LogP contribution in [-0.4, -0.2) is 69.5 Å². The van der Waals surface area contributed by atoms with E-state index in [1.165, 1.54) is 24.4 Å². The number of carbonyl (C=O) groups is 4. The highest BCUT2D eigenvalue weighted by Crippen LogP contribution is 2.34. The third kappa shape index (κ3) is 5.31. The Morgan fingerprint density at radius 1 is 1.08 bits per heavy atom. The van der Waals surface area contributed by atoms with Crippen molar-refractivity contribution in [2.45, 2.75) is 31.7 Å². The van der Waals surface area contributed by atoms with Gasteiger partial charge in [0.1, 0.15) is 28.7 Å². The molecule has 3 N–H and O–H groups in total. The topological polar surface area (TPSA) is 164 Å². The summed E-state index contributed by atoms with van der Waals surface area (Å²) in [6.07, 6.45) is 3.77. The van der Waals surface area contributed by atoms with Crippen LogP contribution in [0.15, 0.2) is 34.9 Å². The van der Waals surface area contributed by atoms with Crippen molar-refractivity contribution >= 4 is 57.8 Å². The Morgan fingerprint density at radius 2 is 1.87 bits per heavy atom. The molecule has 0 atom stereocenters. The van der Waals surface area contributed by atoms with Crippen LogP contribution in [0.1, 0.15) is 46.7 Å². The zero-order valence-corrected chi connectivity index (χ0v) is 20.9. The van der Waals surface area contributed by atoms with Crippen molar-refractivity contribution in [1.29, 1.82) is 0 Å². The van der Waals surface area contributed by atoms with Gasteiger partial charge in [-0.3, -0.25) is 14.4 Å². The van der Waals surface area contributed by atoms with Crippen LogP contribution in [-0.2, 0) is 14.3 Å². The number of carboxylic acids is 1. The Hall–Kier alpha value is -4.03. The summed E-state index contributed by atoms with van der Waals surface area (Å²) in [6, 6.07) is 5.73. The molecule has 12 nitrogen and oxygen atoms in total. The van der Waals surface area contributed by atoms with Gasteiger partial charge in [-0.15, -0.1) is 0 Å². The van der Waals surface area contributed by atoms with Crippen molar-refractivity contribution in [3.8, 4) is 0 Å². The van der Waals surface area contributed by atoms with Gasteiger partial charge in [0.2, 0.25) is 17.6 Å². The van der Waals surface area contributed by atoms with E-state index in [0.29, 0.717) is 44.5 Å². The molecule has 1 aliphatic heterocycles. The molecule has 0 unspecified atom stereocenters. The Bertz CT molecular complexity index is 1400. The molecule has 2 fully saturated rings. The highest BCUT2D eigenvalue weighted by atomic mass is 35.5.